The van der Waals surface area contributed by atoms with Gasteiger partial charge in [0.1, 0.15) is 5.82 Å². The van der Waals surface area contributed by atoms with Crippen LogP contribution in [0.25, 0.3) is 0 Å². The summed E-state index contributed by atoms with van der Waals surface area (Å²) in [6.45, 7) is 3.90. The van der Waals surface area contributed by atoms with Gasteiger partial charge >= 0.3 is 0 Å². The molecule has 3 heteroatoms. The highest BCUT2D eigenvalue weighted by molar-refractivity contribution is 5.31. The molecule has 0 aliphatic heterocycles. The topological polar surface area (TPSA) is 44.0 Å². The summed E-state index contributed by atoms with van der Waals surface area (Å²) in [5.41, 5.74) is 0.665. The molecule has 0 saturated heterocycles. The number of hydrogen-bond donors (Lipinski definition) is 1. The first-order valence-electron chi connectivity index (χ1n) is 6.84. The highest BCUT2D eigenvalue weighted by Crippen LogP contribution is 2.48. The van der Waals surface area contributed by atoms with E-state index < -0.39 is 11.5 Å². The van der Waals surface area contributed by atoms with Crippen molar-refractivity contribution in [2.24, 2.45) is 11.3 Å². The van der Waals surface area contributed by atoms with Crippen LogP contribution in [0, 0.1) is 35.4 Å². The molecule has 1 aliphatic carbocycles. The van der Waals surface area contributed by atoms with Gasteiger partial charge < -0.3 is 5.11 Å². The van der Waals surface area contributed by atoms with Gasteiger partial charge in [0.2, 0.25) is 0 Å². The van der Waals surface area contributed by atoms with Crippen molar-refractivity contribution >= 4 is 0 Å². The van der Waals surface area contributed by atoms with Gasteiger partial charge in [0.15, 0.2) is 0 Å². The molecule has 1 saturated carbocycles. The molecule has 1 fully saturated rings. The second-order valence-electron chi connectivity index (χ2n) is 5.87. The zero-order valence-electron chi connectivity index (χ0n) is 11.5. The highest BCUT2D eigenvalue weighted by atomic mass is 19.1. The first-order chi connectivity index (χ1) is 8.98. The minimum atomic E-state index is -0.833. The molecule has 0 amide bonds. The van der Waals surface area contributed by atoms with Crippen LogP contribution in [0.4, 0.5) is 4.39 Å². The lowest BCUT2D eigenvalue weighted by Gasteiger charge is -2.38. The molecule has 0 bridgehead atoms. The van der Waals surface area contributed by atoms with Gasteiger partial charge in [-0.3, -0.25) is 0 Å². The molecule has 1 aromatic rings. The van der Waals surface area contributed by atoms with Gasteiger partial charge in [0.05, 0.1) is 17.6 Å². The van der Waals surface area contributed by atoms with Crippen molar-refractivity contribution in [2.75, 3.05) is 0 Å². The van der Waals surface area contributed by atoms with Crippen molar-refractivity contribution in [1.29, 1.82) is 5.26 Å². The van der Waals surface area contributed by atoms with Crippen molar-refractivity contribution in [3.05, 3.63) is 35.1 Å². The number of nitriles is 1. The number of aliphatic hydroxyl groups is 1. The minimum absolute atomic E-state index is 0.309. The van der Waals surface area contributed by atoms with Crippen LogP contribution in [0.2, 0.25) is 0 Å². The van der Waals surface area contributed by atoms with E-state index in [-0.39, 0.29) is 5.82 Å². The van der Waals surface area contributed by atoms with Crippen molar-refractivity contribution < 1.29 is 9.50 Å². The third kappa shape index (κ3) is 2.64. The van der Waals surface area contributed by atoms with E-state index in [0.717, 1.165) is 12.8 Å². The quantitative estimate of drug-likeness (QED) is 0.877. The van der Waals surface area contributed by atoms with Gasteiger partial charge in [-0.15, -0.1) is 0 Å². The molecule has 0 heterocycles. The molecule has 3 unspecified atom stereocenters. The summed E-state index contributed by atoms with van der Waals surface area (Å²) in [5, 5.41) is 20.2. The molecule has 2 nitrogen and oxygen atoms in total. The van der Waals surface area contributed by atoms with E-state index in [1.807, 2.05) is 0 Å². The lowest BCUT2D eigenvalue weighted by molar-refractivity contribution is 0.0215. The predicted molar refractivity (Wildman–Crippen MR) is 71.8 cm³/mol. The van der Waals surface area contributed by atoms with Crippen LogP contribution in [0.15, 0.2) is 18.2 Å². The predicted octanol–water partition coefficient (Wildman–Crippen LogP) is 3.89. The fourth-order valence-corrected chi connectivity index (χ4v) is 3.25. The van der Waals surface area contributed by atoms with E-state index in [0.29, 0.717) is 29.9 Å². The molecule has 0 aromatic heterocycles. The van der Waals surface area contributed by atoms with Gasteiger partial charge in [-0.25, -0.2) is 4.39 Å². The van der Waals surface area contributed by atoms with Crippen LogP contribution in [0.5, 0.6) is 0 Å². The summed E-state index contributed by atoms with van der Waals surface area (Å²) in [5.74, 6) is 0.139. The molecule has 1 aromatic carbocycles. The van der Waals surface area contributed by atoms with Crippen molar-refractivity contribution in [1.82, 2.24) is 0 Å². The van der Waals surface area contributed by atoms with Crippen LogP contribution < -0.4 is 0 Å². The van der Waals surface area contributed by atoms with E-state index in [2.05, 4.69) is 13.0 Å². The Labute approximate surface area is 113 Å². The Morgan fingerprint density at radius 2 is 2.26 bits per heavy atom. The van der Waals surface area contributed by atoms with E-state index in [1.165, 1.54) is 12.1 Å². The third-order valence-electron chi connectivity index (χ3n) is 4.31. The zero-order chi connectivity index (χ0) is 14.0. The Hall–Kier alpha value is -1.40. The Morgan fingerprint density at radius 1 is 1.53 bits per heavy atom. The Kier molecular flexibility index (Phi) is 3.91. The smallest absolute Gasteiger partial charge is 0.123 e. The van der Waals surface area contributed by atoms with Gasteiger partial charge in [-0.05, 0) is 48.9 Å². The molecule has 0 radical (unpaired) electrons. The standard InChI is InChI=1S/C16H20FNO/c1-11-4-3-7-16(9-11,10-18)15(19)14-6-5-13(17)8-12(14)2/h5-6,8,11,15,19H,3-4,7,9H2,1-2H3. The average molecular weight is 261 g/mol. The lowest BCUT2D eigenvalue weighted by atomic mass is 9.66. The number of aryl methyl sites for hydroxylation is 1. The Bertz CT molecular complexity index is 508. The summed E-state index contributed by atoms with van der Waals surface area (Å²) in [6.07, 6.45) is 2.67. The minimum Gasteiger partial charge on any atom is -0.387 e. The maximum Gasteiger partial charge on any atom is 0.123 e. The van der Waals surface area contributed by atoms with Crippen molar-refractivity contribution in [3.63, 3.8) is 0 Å². The summed E-state index contributed by atoms with van der Waals surface area (Å²) >= 11 is 0. The Morgan fingerprint density at radius 3 is 2.84 bits per heavy atom. The molecule has 102 valence electrons. The summed E-state index contributed by atoms with van der Waals surface area (Å²) in [7, 11) is 0. The summed E-state index contributed by atoms with van der Waals surface area (Å²) in [6, 6.07) is 6.71. The fraction of sp³-hybridized carbons (Fsp3) is 0.562. The number of aliphatic hydroxyl groups excluding tert-OH is 1. The average Bonchev–Trinajstić information content (AvgIpc) is 2.38. The first kappa shape index (κ1) is 14.0. The third-order valence-corrected chi connectivity index (χ3v) is 4.31. The van der Waals surface area contributed by atoms with Crippen LogP contribution in [0.3, 0.4) is 0 Å². The number of benzene rings is 1. The van der Waals surface area contributed by atoms with E-state index >= 15 is 0 Å². The van der Waals surface area contributed by atoms with Gasteiger partial charge in [0.25, 0.3) is 0 Å². The van der Waals surface area contributed by atoms with Gasteiger partial charge in [-0.1, -0.05) is 25.8 Å². The molecule has 2 rings (SSSR count). The van der Waals surface area contributed by atoms with Crippen LogP contribution in [-0.4, -0.2) is 5.11 Å². The van der Waals surface area contributed by atoms with Crippen LogP contribution in [-0.2, 0) is 0 Å². The number of rotatable bonds is 2. The molecular weight excluding hydrogens is 241 g/mol. The summed E-state index contributed by atoms with van der Waals surface area (Å²) < 4.78 is 13.1. The van der Waals surface area contributed by atoms with Crippen molar-refractivity contribution in [2.45, 2.75) is 45.6 Å². The second kappa shape index (κ2) is 5.30. The summed E-state index contributed by atoms with van der Waals surface area (Å²) in [4.78, 5) is 0. The fourth-order valence-electron chi connectivity index (χ4n) is 3.25. The molecular formula is C16H20FNO. The highest BCUT2D eigenvalue weighted by Gasteiger charge is 2.42. The molecule has 1 aliphatic rings. The largest absolute Gasteiger partial charge is 0.387 e. The van der Waals surface area contributed by atoms with Gasteiger partial charge in [-0.2, -0.15) is 5.26 Å². The maximum absolute atomic E-state index is 13.1. The van der Waals surface area contributed by atoms with Crippen LogP contribution in [0.1, 0.15) is 49.8 Å². The maximum atomic E-state index is 13.1. The van der Waals surface area contributed by atoms with Crippen LogP contribution >= 0.6 is 0 Å². The van der Waals surface area contributed by atoms with E-state index in [4.69, 9.17) is 0 Å². The normalized spacial score (nSPS) is 28.7. The number of nitrogens with zero attached hydrogens (tertiary/aromatic N) is 1. The lowest BCUT2D eigenvalue weighted by Crippen LogP contribution is -2.33. The molecule has 19 heavy (non-hydrogen) atoms. The van der Waals surface area contributed by atoms with E-state index in [1.54, 1.807) is 13.0 Å². The van der Waals surface area contributed by atoms with Crippen molar-refractivity contribution in [3.8, 4) is 6.07 Å². The first-order valence-corrected chi connectivity index (χ1v) is 6.84. The number of hydrogen-bond acceptors (Lipinski definition) is 2. The monoisotopic (exact) mass is 261 g/mol. The van der Waals surface area contributed by atoms with Gasteiger partial charge in [0, 0.05) is 0 Å². The SMILES string of the molecule is Cc1cc(F)ccc1C(O)C1(C#N)CCCC(C)C1. The Balaban J connectivity index is 2.35. The molecule has 1 N–H and O–H groups in total. The molecule has 3 atom stereocenters. The number of halogens is 1. The second-order valence-corrected chi connectivity index (χ2v) is 5.87. The molecule has 0 spiro atoms. The zero-order valence-corrected chi connectivity index (χ0v) is 11.5. The van der Waals surface area contributed by atoms with E-state index in [9.17, 15) is 14.8 Å².